The fraction of sp³-hybridized carbons (Fsp3) is 0.0909. The summed E-state index contributed by atoms with van der Waals surface area (Å²) in [5.74, 6) is 0.452. The summed E-state index contributed by atoms with van der Waals surface area (Å²) < 4.78 is 13.8. The minimum atomic E-state index is -0.256. The van der Waals surface area contributed by atoms with Gasteiger partial charge in [0.2, 0.25) is 0 Å². The summed E-state index contributed by atoms with van der Waals surface area (Å²) in [6.45, 7) is 0. The fourth-order valence-electron chi connectivity index (χ4n) is 1.24. The monoisotopic (exact) mass is 313 g/mol. The molecule has 1 aromatic heterocycles. The van der Waals surface area contributed by atoms with Crippen molar-refractivity contribution < 1.29 is 4.39 Å². The molecular formula is C11H9BrFN3S. The molecule has 17 heavy (non-hydrogen) atoms. The zero-order valence-electron chi connectivity index (χ0n) is 8.95. The Bertz CT molecular complexity index is 536. The maximum atomic E-state index is 13.0. The maximum Gasteiger partial charge on any atom is 0.144 e. The van der Waals surface area contributed by atoms with Gasteiger partial charge in [-0.25, -0.2) is 14.4 Å². The van der Waals surface area contributed by atoms with E-state index in [4.69, 9.17) is 0 Å². The van der Waals surface area contributed by atoms with E-state index in [1.165, 1.54) is 30.2 Å². The van der Waals surface area contributed by atoms with Crippen molar-refractivity contribution >= 4 is 33.5 Å². The quantitative estimate of drug-likeness (QED) is 0.879. The molecular weight excluding hydrogens is 305 g/mol. The number of rotatable bonds is 3. The number of aromatic nitrogens is 2. The van der Waals surface area contributed by atoms with Gasteiger partial charge in [-0.15, -0.1) is 0 Å². The van der Waals surface area contributed by atoms with Crippen molar-refractivity contribution in [2.45, 2.75) is 9.92 Å². The standard InChI is InChI=1S/C11H9BrFN3S/c1-14-10-9(12)11(16-6-15-10)17-8-4-2-3-7(13)5-8/h2-6H,1H3,(H,14,15,16). The smallest absolute Gasteiger partial charge is 0.144 e. The van der Waals surface area contributed by atoms with E-state index in [1.54, 1.807) is 13.1 Å². The minimum absolute atomic E-state index is 0.256. The largest absolute Gasteiger partial charge is 0.372 e. The first-order valence-electron chi connectivity index (χ1n) is 4.82. The Balaban J connectivity index is 2.30. The minimum Gasteiger partial charge on any atom is -0.372 e. The Morgan fingerprint density at radius 3 is 2.88 bits per heavy atom. The van der Waals surface area contributed by atoms with E-state index in [0.717, 1.165) is 14.4 Å². The van der Waals surface area contributed by atoms with Gasteiger partial charge in [0.1, 0.15) is 23.0 Å². The number of hydrogen-bond donors (Lipinski definition) is 1. The van der Waals surface area contributed by atoms with Gasteiger partial charge in [0.05, 0.1) is 4.47 Å². The average Bonchev–Trinajstić information content (AvgIpc) is 2.32. The lowest BCUT2D eigenvalue weighted by molar-refractivity contribution is 0.624. The number of nitrogens with one attached hydrogen (secondary N) is 1. The summed E-state index contributed by atoms with van der Waals surface area (Å²) in [5.41, 5.74) is 0. The first kappa shape index (κ1) is 12.3. The van der Waals surface area contributed by atoms with E-state index in [1.807, 2.05) is 6.07 Å². The Kier molecular flexibility index (Phi) is 3.96. The third-order valence-electron chi connectivity index (χ3n) is 2.00. The van der Waals surface area contributed by atoms with Crippen LogP contribution < -0.4 is 5.32 Å². The van der Waals surface area contributed by atoms with Crippen LogP contribution in [0.3, 0.4) is 0 Å². The van der Waals surface area contributed by atoms with Gasteiger partial charge in [-0.05, 0) is 34.1 Å². The van der Waals surface area contributed by atoms with Gasteiger partial charge < -0.3 is 5.32 Å². The molecule has 1 N–H and O–H groups in total. The number of nitrogens with zero attached hydrogens (tertiary/aromatic N) is 2. The molecule has 2 aromatic rings. The lowest BCUT2D eigenvalue weighted by Gasteiger charge is -2.06. The van der Waals surface area contributed by atoms with Crippen LogP contribution in [0.2, 0.25) is 0 Å². The first-order chi connectivity index (χ1) is 8.20. The molecule has 3 nitrogen and oxygen atoms in total. The van der Waals surface area contributed by atoms with Crippen molar-refractivity contribution in [2.24, 2.45) is 0 Å². The van der Waals surface area contributed by atoms with Gasteiger partial charge in [0.15, 0.2) is 0 Å². The summed E-state index contributed by atoms with van der Waals surface area (Å²) in [5, 5.41) is 3.69. The van der Waals surface area contributed by atoms with Crippen LogP contribution in [0.4, 0.5) is 10.2 Å². The molecule has 0 atom stereocenters. The average molecular weight is 314 g/mol. The Morgan fingerprint density at radius 2 is 2.18 bits per heavy atom. The van der Waals surface area contributed by atoms with Gasteiger partial charge in [0.25, 0.3) is 0 Å². The molecule has 0 fully saturated rings. The predicted molar refractivity (Wildman–Crippen MR) is 69.8 cm³/mol. The second-order valence-corrected chi connectivity index (χ2v) is 5.01. The van der Waals surface area contributed by atoms with Gasteiger partial charge in [-0.1, -0.05) is 17.8 Å². The molecule has 0 aliphatic carbocycles. The first-order valence-corrected chi connectivity index (χ1v) is 6.43. The molecule has 0 amide bonds. The van der Waals surface area contributed by atoms with Crippen LogP contribution in [0, 0.1) is 5.82 Å². The van der Waals surface area contributed by atoms with Crippen LogP contribution in [-0.2, 0) is 0 Å². The molecule has 0 saturated heterocycles. The van der Waals surface area contributed by atoms with E-state index < -0.39 is 0 Å². The second kappa shape index (κ2) is 5.46. The van der Waals surface area contributed by atoms with Crippen LogP contribution in [-0.4, -0.2) is 17.0 Å². The van der Waals surface area contributed by atoms with E-state index in [-0.39, 0.29) is 5.82 Å². The lowest BCUT2D eigenvalue weighted by Crippen LogP contribution is -1.96. The number of hydrogen-bond acceptors (Lipinski definition) is 4. The molecule has 6 heteroatoms. The van der Waals surface area contributed by atoms with Crippen LogP contribution in [0.5, 0.6) is 0 Å². The molecule has 0 unspecified atom stereocenters. The molecule has 0 spiro atoms. The highest BCUT2D eigenvalue weighted by Crippen LogP contribution is 2.34. The third-order valence-corrected chi connectivity index (χ3v) is 4.01. The molecule has 0 saturated carbocycles. The van der Waals surface area contributed by atoms with Crippen LogP contribution in [0.25, 0.3) is 0 Å². The summed E-state index contributed by atoms with van der Waals surface area (Å²) in [6, 6.07) is 6.39. The zero-order valence-corrected chi connectivity index (χ0v) is 11.3. The highest BCUT2D eigenvalue weighted by molar-refractivity contribution is 9.10. The van der Waals surface area contributed by atoms with E-state index >= 15 is 0 Å². The molecule has 88 valence electrons. The van der Waals surface area contributed by atoms with Gasteiger partial charge in [0, 0.05) is 11.9 Å². The second-order valence-electron chi connectivity index (χ2n) is 3.15. The fourth-order valence-corrected chi connectivity index (χ4v) is 2.71. The Labute approximate surface area is 111 Å². The maximum absolute atomic E-state index is 13.0. The van der Waals surface area contributed by atoms with Crippen LogP contribution in [0.15, 0.2) is 45.0 Å². The van der Waals surface area contributed by atoms with Crippen molar-refractivity contribution in [1.82, 2.24) is 9.97 Å². The lowest BCUT2D eigenvalue weighted by atomic mass is 10.4. The number of benzene rings is 1. The summed E-state index contributed by atoms with van der Waals surface area (Å²) in [7, 11) is 1.78. The Hall–Kier alpha value is -1.14. The highest BCUT2D eigenvalue weighted by atomic mass is 79.9. The molecule has 0 radical (unpaired) electrons. The molecule has 0 aliphatic heterocycles. The van der Waals surface area contributed by atoms with Crippen LogP contribution in [0.1, 0.15) is 0 Å². The van der Waals surface area contributed by atoms with Crippen molar-refractivity contribution in [3.63, 3.8) is 0 Å². The highest BCUT2D eigenvalue weighted by Gasteiger charge is 2.09. The van der Waals surface area contributed by atoms with E-state index in [9.17, 15) is 4.39 Å². The molecule has 1 aromatic carbocycles. The normalized spacial score (nSPS) is 10.3. The van der Waals surface area contributed by atoms with Crippen molar-refractivity contribution in [3.05, 3.63) is 40.9 Å². The molecule has 2 rings (SSSR count). The van der Waals surface area contributed by atoms with Gasteiger partial charge in [-0.2, -0.15) is 0 Å². The van der Waals surface area contributed by atoms with E-state index in [0.29, 0.717) is 5.82 Å². The Morgan fingerprint density at radius 1 is 1.35 bits per heavy atom. The molecule has 0 bridgehead atoms. The van der Waals surface area contributed by atoms with Crippen molar-refractivity contribution in [2.75, 3.05) is 12.4 Å². The SMILES string of the molecule is CNc1ncnc(Sc2cccc(F)c2)c1Br. The van der Waals surface area contributed by atoms with Gasteiger partial charge >= 0.3 is 0 Å². The van der Waals surface area contributed by atoms with Gasteiger partial charge in [-0.3, -0.25) is 0 Å². The molecule has 0 aliphatic rings. The number of halogens is 2. The van der Waals surface area contributed by atoms with Crippen molar-refractivity contribution in [1.29, 1.82) is 0 Å². The number of anilines is 1. The van der Waals surface area contributed by atoms with Crippen LogP contribution >= 0.6 is 27.7 Å². The summed E-state index contributed by atoms with van der Waals surface area (Å²) in [4.78, 5) is 9.01. The topological polar surface area (TPSA) is 37.8 Å². The van der Waals surface area contributed by atoms with E-state index in [2.05, 4.69) is 31.2 Å². The van der Waals surface area contributed by atoms with Crippen molar-refractivity contribution in [3.8, 4) is 0 Å². The third kappa shape index (κ3) is 2.95. The molecule has 1 heterocycles. The summed E-state index contributed by atoms with van der Waals surface area (Å²) in [6.07, 6.45) is 1.47. The summed E-state index contributed by atoms with van der Waals surface area (Å²) >= 11 is 4.80. The predicted octanol–water partition coefficient (Wildman–Crippen LogP) is 3.57. The zero-order chi connectivity index (χ0) is 12.3.